The Hall–Kier alpha value is -1.49. The maximum Gasteiger partial charge on any atom is 0.233 e. The van der Waals surface area contributed by atoms with Crippen LogP contribution >= 0.6 is 11.3 Å². The number of aromatic nitrogens is 3. The van der Waals surface area contributed by atoms with E-state index >= 15 is 0 Å². The molecule has 3 rings (SSSR count). The van der Waals surface area contributed by atoms with Crippen LogP contribution < -0.4 is 0 Å². The highest BCUT2D eigenvalue weighted by Gasteiger charge is 2.33. The topological polar surface area (TPSA) is 51.8 Å². The van der Waals surface area contributed by atoms with Crippen molar-refractivity contribution in [1.29, 1.82) is 0 Å². The van der Waals surface area contributed by atoms with E-state index in [1.807, 2.05) is 13.1 Å². The molecule has 2 aromatic rings. The second-order valence-electron chi connectivity index (χ2n) is 4.97. The Kier molecular flexibility index (Phi) is 2.78. The maximum atomic E-state index is 5.44. The molecular weight excluding hydrogens is 246 g/mol. The van der Waals surface area contributed by atoms with E-state index < -0.39 is 0 Å². The minimum absolute atomic E-state index is 0.0215. The lowest BCUT2D eigenvalue weighted by molar-refractivity contribution is 0.277. The number of hydrogen-bond donors (Lipinski definition) is 0. The van der Waals surface area contributed by atoms with Crippen molar-refractivity contribution in [3.63, 3.8) is 0 Å². The first-order valence-electron chi connectivity index (χ1n) is 6.09. The third kappa shape index (κ3) is 1.99. The van der Waals surface area contributed by atoms with Crippen LogP contribution in [0.3, 0.4) is 0 Å². The second kappa shape index (κ2) is 4.31. The summed E-state index contributed by atoms with van der Waals surface area (Å²) in [6.45, 7) is 4.20. The van der Waals surface area contributed by atoms with Gasteiger partial charge in [0.15, 0.2) is 5.01 Å². The summed E-state index contributed by atoms with van der Waals surface area (Å²) in [5.74, 6) is 1.34. The first kappa shape index (κ1) is 11.6. The van der Waals surface area contributed by atoms with Crippen LogP contribution in [-0.4, -0.2) is 15.1 Å². The number of allylic oxidation sites excluding steroid dienone is 2. The van der Waals surface area contributed by atoms with Crippen molar-refractivity contribution in [3.05, 3.63) is 29.1 Å². The largest absolute Gasteiger partial charge is 0.338 e. The van der Waals surface area contributed by atoms with Crippen LogP contribution in [0.2, 0.25) is 0 Å². The van der Waals surface area contributed by atoms with Gasteiger partial charge in [-0.3, -0.25) is 0 Å². The molecule has 4 nitrogen and oxygen atoms in total. The van der Waals surface area contributed by atoms with Gasteiger partial charge in [0, 0.05) is 11.1 Å². The minimum Gasteiger partial charge on any atom is -0.338 e. The van der Waals surface area contributed by atoms with E-state index in [9.17, 15) is 0 Å². The molecule has 1 aliphatic rings. The van der Waals surface area contributed by atoms with Gasteiger partial charge in [-0.25, -0.2) is 4.98 Å². The highest BCUT2D eigenvalue weighted by Crippen LogP contribution is 2.36. The number of hydrogen-bond acceptors (Lipinski definition) is 5. The summed E-state index contributed by atoms with van der Waals surface area (Å²) >= 11 is 1.59. The van der Waals surface area contributed by atoms with E-state index in [1.165, 1.54) is 0 Å². The third-order valence-corrected chi connectivity index (χ3v) is 4.26. The van der Waals surface area contributed by atoms with Gasteiger partial charge in [-0.05, 0) is 26.2 Å². The first-order valence-corrected chi connectivity index (χ1v) is 6.91. The zero-order chi connectivity index (χ0) is 12.6. The summed E-state index contributed by atoms with van der Waals surface area (Å²) in [7, 11) is 0. The molecule has 0 saturated carbocycles. The summed E-state index contributed by atoms with van der Waals surface area (Å²) in [4.78, 5) is 9.97. The Labute approximate surface area is 110 Å². The van der Waals surface area contributed by atoms with Crippen molar-refractivity contribution >= 4 is 11.3 Å². The molecule has 0 aliphatic heterocycles. The molecule has 0 saturated heterocycles. The fourth-order valence-electron chi connectivity index (χ4n) is 2.17. The zero-order valence-electron chi connectivity index (χ0n) is 10.5. The zero-order valence-corrected chi connectivity index (χ0v) is 11.3. The SMILES string of the molecule is Cc1cnc(-c2noc(C3(C)CC=CCC3)n2)s1. The van der Waals surface area contributed by atoms with E-state index in [-0.39, 0.29) is 5.41 Å². The summed E-state index contributed by atoms with van der Waals surface area (Å²) in [6, 6.07) is 0. The van der Waals surface area contributed by atoms with Gasteiger partial charge in [0.25, 0.3) is 0 Å². The van der Waals surface area contributed by atoms with Crippen molar-refractivity contribution < 1.29 is 4.52 Å². The summed E-state index contributed by atoms with van der Waals surface area (Å²) in [5, 5.41) is 4.89. The van der Waals surface area contributed by atoms with Gasteiger partial charge in [-0.2, -0.15) is 4.98 Å². The van der Waals surface area contributed by atoms with Crippen molar-refractivity contribution in [1.82, 2.24) is 15.1 Å². The van der Waals surface area contributed by atoms with Crippen molar-refractivity contribution in [2.45, 2.75) is 38.5 Å². The molecule has 0 amide bonds. The lowest BCUT2D eigenvalue weighted by Crippen LogP contribution is -2.23. The summed E-state index contributed by atoms with van der Waals surface area (Å²) < 4.78 is 5.44. The first-order chi connectivity index (χ1) is 8.67. The Morgan fingerprint density at radius 2 is 2.28 bits per heavy atom. The molecule has 2 aromatic heterocycles. The molecule has 0 spiro atoms. The lowest BCUT2D eigenvalue weighted by atomic mass is 9.79. The van der Waals surface area contributed by atoms with E-state index in [1.54, 1.807) is 11.3 Å². The molecular formula is C13H15N3OS. The summed E-state index contributed by atoms with van der Waals surface area (Å²) in [6.07, 6.45) is 9.34. The molecule has 0 fully saturated rings. The monoisotopic (exact) mass is 261 g/mol. The second-order valence-corrected chi connectivity index (χ2v) is 6.21. The molecule has 1 unspecified atom stereocenters. The highest BCUT2D eigenvalue weighted by atomic mass is 32.1. The average Bonchev–Trinajstić information content (AvgIpc) is 2.98. The molecule has 5 heteroatoms. The van der Waals surface area contributed by atoms with Gasteiger partial charge in [0.05, 0.1) is 5.41 Å². The lowest BCUT2D eigenvalue weighted by Gasteiger charge is -2.25. The molecule has 18 heavy (non-hydrogen) atoms. The molecule has 0 N–H and O–H groups in total. The van der Waals surface area contributed by atoms with Gasteiger partial charge >= 0.3 is 0 Å². The Morgan fingerprint density at radius 1 is 1.39 bits per heavy atom. The summed E-state index contributed by atoms with van der Waals surface area (Å²) in [5.41, 5.74) is -0.0215. The quantitative estimate of drug-likeness (QED) is 0.776. The van der Waals surface area contributed by atoms with Crippen molar-refractivity contribution in [2.24, 2.45) is 0 Å². The van der Waals surface area contributed by atoms with Crippen LogP contribution in [0.15, 0.2) is 22.9 Å². The standard InChI is InChI=1S/C13H15N3OS/c1-9-8-14-11(18-9)10-15-12(17-16-10)13(2)6-4-3-5-7-13/h3-4,8H,5-7H2,1-2H3. The molecule has 1 aliphatic carbocycles. The van der Waals surface area contributed by atoms with Crippen LogP contribution in [0.1, 0.15) is 37.0 Å². The number of thiazole rings is 1. The van der Waals surface area contributed by atoms with Crippen LogP contribution in [0, 0.1) is 6.92 Å². The number of rotatable bonds is 2. The fraction of sp³-hybridized carbons (Fsp3) is 0.462. The minimum atomic E-state index is -0.0215. The van der Waals surface area contributed by atoms with Crippen LogP contribution in [0.4, 0.5) is 0 Å². The average molecular weight is 261 g/mol. The molecule has 0 aromatic carbocycles. The number of aryl methyl sites for hydroxylation is 1. The van der Waals surface area contributed by atoms with Gasteiger partial charge < -0.3 is 4.52 Å². The van der Waals surface area contributed by atoms with Gasteiger partial charge in [-0.15, -0.1) is 11.3 Å². The Balaban J connectivity index is 1.92. The molecule has 0 radical (unpaired) electrons. The predicted octanol–water partition coefficient (Wildman–Crippen LogP) is 3.50. The highest BCUT2D eigenvalue weighted by molar-refractivity contribution is 7.14. The third-order valence-electron chi connectivity index (χ3n) is 3.35. The van der Waals surface area contributed by atoms with E-state index in [4.69, 9.17) is 4.52 Å². The van der Waals surface area contributed by atoms with E-state index in [0.29, 0.717) is 5.82 Å². The van der Waals surface area contributed by atoms with Crippen LogP contribution in [0.5, 0.6) is 0 Å². The van der Waals surface area contributed by atoms with E-state index in [2.05, 4.69) is 34.2 Å². The molecule has 0 bridgehead atoms. The van der Waals surface area contributed by atoms with Crippen LogP contribution in [-0.2, 0) is 5.41 Å². The Morgan fingerprint density at radius 3 is 2.94 bits per heavy atom. The smallest absolute Gasteiger partial charge is 0.233 e. The van der Waals surface area contributed by atoms with E-state index in [0.717, 1.165) is 35.0 Å². The van der Waals surface area contributed by atoms with Gasteiger partial charge in [-0.1, -0.05) is 24.2 Å². The Bertz CT molecular complexity index is 587. The molecule has 2 heterocycles. The van der Waals surface area contributed by atoms with Gasteiger partial charge in [0.1, 0.15) is 0 Å². The normalized spacial score (nSPS) is 23.4. The molecule has 1 atom stereocenters. The fourth-order valence-corrected chi connectivity index (χ4v) is 2.86. The van der Waals surface area contributed by atoms with Crippen molar-refractivity contribution in [3.8, 4) is 10.8 Å². The maximum absolute atomic E-state index is 5.44. The number of nitrogens with zero attached hydrogens (tertiary/aromatic N) is 3. The molecule has 94 valence electrons. The predicted molar refractivity (Wildman–Crippen MR) is 70.5 cm³/mol. The van der Waals surface area contributed by atoms with Crippen molar-refractivity contribution in [2.75, 3.05) is 0 Å². The van der Waals surface area contributed by atoms with Crippen LogP contribution in [0.25, 0.3) is 10.8 Å². The van der Waals surface area contributed by atoms with Gasteiger partial charge in [0.2, 0.25) is 11.7 Å².